The molecule has 5 heteroatoms. The number of hydrogen-bond donors (Lipinski definition) is 1. The minimum absolute atomic E-state index is 0.0135. The second kappa shape index (κ2) is 8.84. The van der Waals surface area contributed by atoms with Crippen LogP contribution in [0.2, 0.25) is 5.02 Å². The van der Waals surface area contributed by atoms with Gasteiger partial charge in [-0.1, -0.05) is 43.1 Å². The molecule has 4 rings (SSSR count). The topological polar surface area (TPSA) is 55.8 Å². The van der Waals surface area contributed by atoms with Gasteiger partial charge in [0.25, 0.3) is 0 Å². The summed E-state index contributed by atoms with van der Waals surface area (Å²) in [4.78, 5) is 12.2. The molecule has 1 fully saturated rings. The van der Waals surface area contributed by atoms with Crippen molar-refractivity contribution >= 4 is 17.6 Å². The fraction of sp³-hybridized carbons (Fsp3) is 0.500. The number of benzene rings is 2. The van der Waals surface area contributed by atoms with E-state index in [9.17, 15) is 9.90 Å². The third-order valence-corrected chi connectivity index (χ3v) is 6.99. The van der Waals surface area contributed by atoms with Crippen LogP contribution in [0, 0.1) is 11.8 Å². The molecule has 166 valence electrons. The smallest absolute Gasteiger partial charge is 0.309 e. The monoisotopic (exact) mass is 442 g/mol. The van der Waals surface area contributed by atoms with Crippen LogP contribution in [0.5, 0.6) is 5.75 Å². The van der Waals surface area contributed by atoms with E-state index in [2.05, 4.69) is 19.1 Å². The lowest BCUT2D eigenvalue weighted by atomic mass is 9.71. The zero-order chi connectivity index (χ0) is 22.2. The van der Waals surface area contributed by atoms with Crippen molar-refractivity contribution in [2.24, 2.45) is 11.8 Å². The molecule has 2 heterocycles. The van der Waals surface area contributed by atoms with E-state index in [0.717, 1.165) is 36.1 Å². The minimum Gasteiger partial charge on any atom is -0.487 e. The van der Waals surface area contributed by atoms with Crippen molar-refractivity contribution in [3.8, 4) is 5.75 Å². The van der Waals surface area contributed by atoms with E-state index in [-0.39, 0.29) is 18.1 Å². The van der Waals surface area contributed by atoms with Crippen LogP contribution in [0.4, 0.5) is 0 Å². The van der Waals surface area contributed by atoms with Gasteiger partial charge in [0, 0.05) is 16.5 Å². The van der Waals surface area contributed by atoms with Gasteiger partial charge in [0.1, 0.15) is 11.4 Å². The minimum atomic E-state index is -0.795. The first-order valence-electron chi connectivity index (χ1n) is 11.2. The molecule has 0 unspecified atom stereocenters. The molecule has 1 saturated heterocycles. The number of aliphatic carboxylic acids is 1. The number of ether oxygens (including phenoxy) is 2. The second-order valence-corrected chi connectivity index (χ2v) is 9.81. The summed E-state index contributed by atoms with van der Waals surface area (Å²) in [7, 11) is 0. The number of hydrogen-bond acceptors (Lipinski definition) is 3. The van der Waals surface area contributed by atoms with Gasteiger partial charge in [-0.3, -0.25) is 4.79 Å². The molecule has 1 N–H and O–H groups in total. The van der Waals surface area contributed by atoms with Gasteiger partial charge in [0.15, 0.2) is 0 Å². The van der Waals surface area contributed by atoms with Crippen LogP contribution in [-0.2, 0) is 22.4 Å². The van der Waals surface area contributed by atoms with Crippen LogP contribution in [0.3, 0.4) is 0 Å². The summed E-state index contributed by atoms with van der Waals surface area (Å²) in [6.45, 7) is 6.26. The van der Waals surface area contributed by atoms with E-state index >= 15 is 0 Å². The van der Waals surface area contributed by atoms with Crippen molar-refractivity contribution < 1.29 is 19.4 Å². The number of aryl methyl sites for hydroxylation is 2. The Morgan fingerprint density at radius 3 is 2.65 bits per heavy atom. The first kappa shape index (κ1) is 22.2. The Kier molecular flexibility index (Phi) is 6.32. The number of carbonyl (C=O) groups is 1. The molecule has 0 aliphatic carbocycles. The summed E-state index contributed by atoms with van der Waals surface area (Å²) < 4.78 is 13.0. The molecular formula is C26H31ClO4. The number of carboxylic acids is 1. The third kappa shape index (κ3) is 4.61. The van der Waals surface area contributed by atoms with Gasteiger partial charge in [-0.15, -0.1) is 0 Å². The molecule has 0 saturated carbocycles. The van der Waals surface area contributed by atoms with E-state index in [1.54, 1.807) is 0 Å². The number of halogens is 1. The standard InChI is InChI=1S/C26H31ClO4/c1-4-6-16-10-12-23-19(14-16)24-21(26(2,3)31-23)15-20(25(28)29)22(30-24)11-9-17-7-5-8-18(27)13-17/h5,7-8,10,12-14,20-22,24H,4,6,9,11,15H2,1-3H3,(H,28,29)/t20-,21-,22-,24+/m0/s1. The maximum atomic E-state index is 12.2. The lowest BCUT2D eigenvalue weighted by Gasteiger charge is -2.50. The zero-order valence-corrected chi connectivity index (χ0v) is 19.2. The molecule has 2 aliphatic heterocycles. The predicted molar refractivity (Wildman–Crippen MR) is 122 cm³/mol. The average molecular weight is 443 g/mol. The largest absolute Gasteiger partial charge is 0.487 e. The highest BCUT2D eigenvalue weighted by molar-refractivity contribution is 6.30. The SMILES string of the molecule is CCCc1ccc2c(c1)[C@H]1O[C@@H](CCc3cccc(Cl)c3)[C@@H](C(=O)O)C[C@@H]1C(C)(C)O2. The van der Waals surface area contributed by atoms with E-state index in [0.29, 0.717) is 17.9 Å². The van der Waals surface area contributed by atoms with Crippen LogP contribution in [0.15, 0.2) is 42.5 Å². The molecule has 4 atom stereocenters. The molecule has 2 aliphatic rings. The van der Waals surface area contributed by atoms with E-state index < -0.39 is 17.5 Å². The van der Waals surface area contributed by atoms with Crippen LogP contribution in [-0.4, -0.2) is 22.8 Å². The molecule has 0 bridgehead atoms. The summed E-state index contributed by atoms with van der Waals surface area (Å²) in [5.74, 6) is -0.506. The normalized spacial score (nSPS) is 26.5. The zero-order valence-electron chi connectivity index (χ0n) is 18.4. The molecule has 0 amide bonds. The Morgan fingerprint density at radius 1 is 1.16 bits per heavy atom. The molecule has 0 spiro atoms. The summed E-state index contributed by atoms with van der Waals surface area (Å²) in [6, 6.07) is 14.1. The lowest BCUT2D eigenvalue weighted by molar-refractivity contribution is -0.188. The van der Waals surface area contributed by atoms with Gasteiger partial charge in [-0.2, -0.15) is 0 Å². The van der Waals surface area contributed by atoms with Crippen LogP contribution in [0.1, 0.15) is 62.8 Å². The van der Waals surface area contributed by atoms with Crippen molar-refractivity contribution in [1.82, 2.24) is 0 Å². The van der Waals surface area contributed by atoms with Crippen molar-refractivity contribution in [1.29, 1.82) is 0 Å². The Morgan fingerprint density at radius 2 is 1.94 bits per heavy atom. The van der Waals surface area contributed by atoms with Crippen molar-refractivity contribution in [2.75, 3.05) is 0 Å². The Labute approximate surface area is 189 Å². The Bertz CT molecular complexity index is 954. The molecule has 2 aromatic rings. The van der Waals surface area contributed by atoms with E-state index in [1.165, 1.54) is 5.56 Å². The maximum Gasteiger partial charge on any atom is 0.309 e. The summed E-state index contributed by atoms with van der Waals surface area (Å²) >= 11 is 6.13. The van der Waals surface area contributed by atoms with Crippen LogP contribution >= 0.6 is 11.6 Å². The summed E-state index contributed by atoms with van der Waals surface area (Å²) in [6.07, 6.45) is 3.49. The fourth-order valence-corrected chi connectivity index (χ4v) is 5.33. The molecular weight excluding hydrogens is 412 g/mol. The lowest BCUT2D eigenvalue weighted by Crippen LogP contribution is -2.52. The highest BCUT2D eigenvalue weighted by atomic mass is 35.5. The quantitative estimate of drug-likeness (QED) is 0.575. The highest BCUT2D eigenvalue weighted by Crippen LogP contribution is 2.52. The average Bonchev–Trinajstić information content (AvgIpc) is 2.72. The molecule has 0 aromatic heterocycles. The number of rotatable bonds is 6. The van der Waals surface area contributed by atoms with Gasteiger partial charge in [-0.05, 0) is 74.9 Å². The predicted octanol–water partition coefficient (Wildman–Crippen LogP) is 6.24. The highest BCUT2D eigenvalue weighted by Gasteiger charge is 2.51. The molecule has 4 nitrogen and oxygen atoms in total. The van der Waals surface area contributed by atoms with Gasteiger partial charge < -0.3 is 14.6 Å². The van der Waals surface area contributed by atoms with E-state index in [4.69, 9.17) is 21.1 Å². The van der Waals surface area contributed by atoms with Crippen molar-refractivity contribution in [2.45, 2.75) is 70.7 Å². The summed E-state index contributed by atoms with van der Waals surface area (Å²) in [5, 5.41) is 10.7. The Hall–Kier alpha value is -2.04. The second-order valence-electron chi connectivity index (χ2n) is 9.38. The van der Waals surface area contributed by atoms with Crippen molar-refractivity contribution in [3.63, 3.8) is 0 Å². The number of fused-ring (bicyclic) bond motifs is 3. The molecule has 31 heavy (non-hydrogen) atoms. The fourth-order valence-electron chi connectivity index (χ4n) is 5.11. The molecule has 2 aromatic carbocycles. The number of carboxylic acid groups (broad SMARTS) is 1. The first-order chi connectivity index (χ1) is 14.8. The Balaban J connectivity index is 1.63. The summed E-state index contributed by atoms with van der Waals surface area (Å²) in [5.41, 5.74) is 2.94. The van der Waals surface area contributed by atoms with E-state index in [1.807, 2.05) is 44.2 Å². The maximum absolute atomic E-state index is 12.2. The van der Waals surface area contributed by atoms with Crippen molar-refractivity contribution in [3.05, 3.63) is 64.2 Å². The van der Waals surface area contributed by atoms with Gasteiger partial charge in [0.05, 0.1) is 18.1 Å². The van der Waals surface area contributed by atoms with Gasteiger partial charge in [0.2, 0.25) is 0 Å². The van der Waals surface area contributed by atoms with Gasteiger partial charge >= 0.3 is 5.97 Å². The first-order valence-corrected chi connectivity index (χ1v) is 11.6. The third-order valence-electron chi connectivity index (χ3n) is 6.75. The van der Waals surface area contributed by atoms with Crippen LogP contribution in [0.25, 0.3) is 0 Å². The van der Waals surface area contributed by atoms with Gasteiger partial charge in [-0.25, -0.2) is 0 Å². The van der Waals surface area contributed by atoms with Crippen LogP contribution < -0.4 is 4.74 Å². The molecule has 0 radical (unpaired) electrons.